The molecule has 0 atom stereocenters. The molecule has 0 amide bonds. The standard InChI is InChI=1S/C12H14N8O/c1-3-19-10-8(7(2)18-21)4-14-5-9(10)17-12(19)20-11(13)15-6-16-20/h4-6,21H,3H2,1-2H3,(H2,13,15,16)/b18-7+. The highest BCUT2D eigenvalue weighted by Gasteiger charge is 2.18. The largest absolute Gasteiger partial charge is 0.411 e. The lowest BCUT2D eigenvalue weighted by molar-refractivity contribution is 0.319. The number of aryl methyl sites for hydroxylation is 1. The Labute approximate surface area is 119 Å². The molecular weight excluding hydrogens is 272 g/mol. The highest BCUT2D eigenvalue weighted by atomic mass is 16.4. The van der Waals surface area contributed by atoms with Gasteiger partial charge in [0.05, 0.1) is 17.4 Å². The first-order valence-corrected chi connectivity index (χ1v) is 6.36. The van der Waals surface area contributed by atoms with Crippen molar-refractivity contribution in [3.63, 3.8) is 0 Å². The van der Waals surface area contributed by atoms with Gasteiger partial charge in [0.25, 0.3) is 0 Å². The van der Waals surface area contributed by atoms with Gasteiger partial charge in [-0.1, -0.05) is 5.16 Å². The van der Waals surface area contributed by atoms with Crippen LogP contribution in [0, 0.1) is 0 Å². The number of fused-ring (bicyclic) bond motifs is 1. The number of pyridine rings is 1. The Kier molecular flexibility index (Phi) is 3.01. The number of nitrogen functional groups attached to an aromatic ring is 1. The molecule has 0 saturated heterocycles. The highest BCUT2D eigenvalue weighted by Crippen LogP contribution is 2.23. The number of imidazole rings is 1. The SMILES string of the molecule is CCn1c(-n2ncnc2N)nc2cncc(/C(C)=N/O)c21. The predicted molar refractivity (Wildman–Crippen MR) is 76.5 cm³/mol. The predicted octanol–water partition coefficient (Wildman–Crippen LogP) is 0.812. The summed E-state index contributed by atoms with van der Waals surface area (Å²) in [5, 5.41) is 16.4. The molecule has 9 nitrogen and oxygen atoms in total. The van der Waals surface area contributed by atoms with Crippen LogP contribution in [0.3, 0.4) is 0 Å². The van der Waals surface area contributed by atoms with Crippen LogP contribution in [0.2, 0.25) is 0 Å². The number of nitrogens with zero attached hydrogens (tertiary/aromatic N) is 7. The summed E-state index contributed by atoms with van der Waals surface area (Å²) in [6.07, 6.45) is 4.65. The number of anilines is 1. The third-order valence-corrected chi connectivity index (χ3v) is 3.25. The number of hydrogen-bond acceptors (Lipinski definition) is 7. The summed E-state index contributed by atoms with van der Waals surface area (Å²) in [5.74, 6) is 0.796. The van der Waals surface area contributed by atoms with E-state index in [1.54, 1.807) is 19.3 Å². The van der Waals surface area contributed by atoms with Gasteiger partial charge >= 0.3 is 0 Å². The topological polar surface area (TPSA) is 120 Å². The van der Waals surface area contributed by atoms with E-state index in [2.05, 4.69) is 25.2 Å². The normalized spacial score (nSPS) is 12.2. The van der Waals surface area contributed by atoms with Gasteiger partial charge in [0.2, 0.25) is 11.9 Å². The fourth-order valence-electron chi connectivity index (χ4n) is 2.26. The van der Waals surface area contributed by atoms with Gasteiger partial charge in [-0.2, -0.15) is 14.8 Å². The van der Waals surface area contributed by atoms with E-state index in [-0.39, 0.29) is 5.95 Å². The van der Waals surface area contributed by atoms with Gasteiger partial charge in [-0.15, -0.1) is 0 Å². The lowest BCUT2D eigenvalue weighted by Crippen LogP contribution is -2.11. The summed E-state index contributed by atoms with van der Waals surface area (Å²) in [6, 6.07) is 0. The Bertz CT molecular complexity index is 831. The van der Waals surface area contributed by atoms with Crippen molar-refractivity contribution < 1.29 is 5.21 Å². The summed E-state index contributed by atoms with van der Waals surface area (Å²) in [5.41, 5.74) is 8.44. The zero-order valence-corrected chi connectivity index (χ0v) is 11.6. The highest BCUT2D eigenvalue weighted by molar-refractivity contribution is 6.07. The van der Waals surface area contributed by atoms with Gasteiger partial charge < -0.3 is 15.5 Å². The Morgan fingerprint density at radius 2 is 2.24 bits per heavy atom. The minimum atomic E-state index is 0.252. The summed E-state index contributed by atoms with van der Waals surface area (Å²) in [4.78, 5) is 12.5. The van der Waals surface area contributed by atoms with Gasteiger partial charge in [-0.05, 0) is 13.8 Å². The van der Waals surface area contributed by atoms with Crippen LogP contribution in [-0.4, -0.2) is 40.2 Å². The molecule has 0 bridgehead atoms. The third kappa shape index (κ3) is 1.90. The van der Waals surface area contributed by atoms with Crippen molar-refractivity contribution in [1.29, 1.82) is 0 Å². The molecule has 3 aromatic rings. The number of aromatic nitrogens is 6. The van der Waals surface area contributed by atoms with Crippen LogP contribution in [0.25, 0.3) is 17.0 Å². The van der Waals surface area contributed by atoms with Crippen LogP contribution in [0.1, 0.15) is 19.4 Å². The molecule has 9 heteroatoms. The number of rotatable bonds is 3. The van der Waals surface area contributed by atoms with Crippen LogP contribution in [-0.2, 0) is 6.54 Å². The Morgan fingerprint density at radius 1 is 1.43 bits per heavy atom. The molecule has 0 radical (unpaired) electrons. The molecule has 3 aromatic heterocycles. The zero-order chi connectivity index (χ0) is 15.0. The smallest absolute Gasteiger partial charge is 0.235 e. The van der Waals surface area contributed by atoms with Crippen LogP contribution < -0.4 is 5.73 Å². The van der Waals surface area contributed by atoms with Crippen molar-refractivity contribution in [2.24, 2.45) is 5.16 Å². The van der Waals surface area contributed by atoms with Gasteiger partial charge in [0.15, 0.2) is 0 Å². The molecule has 0 fully saturated rings. The fraction of sp³-hybridized carbons (Fsp3) is 0.250. The minimum absolute atomic E-state index is 0.252. The Morgan fingerprint density at radius 3 is 2.86 bits per heavy atom. The molecule has 3 N–H and O–H groups in total. The second-order valence-electron chi connectivity index (χ2n) is 4.43. The molecular formula is C12H14N8O. The van der Waals surface area contributed by atoms with Crippen molar-refractivity contribution in [1.82, 2.24) is 29.3 Å². The van der Waals surface area contributed by atoms with E-state index in [9.17, 15) is 0 Å². The van der Waals surface area contributed by atoms with E-state index >= 15 is 0 Å². The molecule has 0 unspecified atom stereocenters. The molecule has 0 aliphatic carbocycles. The van der Waals surface area contributed by atoms with Crippen molar-refractivity contribution in [3.8, 4) is 5.95 Å². The van der Waals surface area contributed by atoms with E-state index in [0.717, 1.165) is 5.52 Å². The fourth-order valence-corrected chi connectivity index (χ4v) is 2.26. The van der Waals surface area contributed by atoms with E-state index < -0.39 is 0 Å². The van der Waals surface area contributed by atoms with Crippen molar-refractivity contribution >= 4 is 22.7 Å². The molecule has 0 saturated carbocycles. The Balaban J connectivity index is 2.37. The van der Waals surface area contributed by atoms with E-state index in [1.807, 2.05) is 11.5 Å². The maximum Gasteiger partial charge on any atom is 0.235 e. The van der Waals surface area contributed by atoms with Gasteiger partial charge in [-0.3, -0.25) is 4.98 Å². The van der Waals surface area contributed by atoms with E-state index in [4.69, 9.17) is 10.9 Å². The average molecular weight is 286 g/mol. The van der Waals surface area contributed by atoms with E-state index in [0.29, 0.717) is 29.3 Å². The second-order valence-corrected chi connectivity index (χ2v) is 4.43. The summed E-state index contributed by atoms with van der Waals surface area (Å²) in [7, 11) is 0. The molecule has 108 valence electrons. The first-order chi connectivity index (χ1) is 10.2. The summed E-state index contributed by atoms with van der Waals surface area (Å²) < 4.78 is 3.38. The molecule has 3 heterocycles. The lowest BCUT2D eigenvalue weighted by atomic mass is 10.1. The quantitative estimate of drug-likeness (QED) is 0.417. The maximum absolute atomic E-state index is 9.03. The van der Waals surface area contributed by atoms with Crippen molar-refractivity contribution in [2.45, 2.75) is 20.4 Å². The molecule has 0 aromatic carbocycles. The van der Waals surface area contributed by atoms with E-state index in [1.165, 1.54) is 11.0 Å². The van der Waals surface area contributed by atoms with Crippen LogP contribution >= 0.6 is 0 Å². The minimum Gasteiger partial charge on any atom is -0.411 e. The number of hydrogen-bond donors (Lipinski definition) is 2. The van der Waals surface area contributed by atoms with Crippen LogP contribution in [0.15, 0.2) is 23.9 Å². The summed E-state index contributed by atoms with van der Waals surface area (Å²) in [6.45, 7) is 4.32. The van der Waals surface area contributed by atoms with Gasteiger partial charge in [-0.25, -0.2) is 4.98 Å². The first kappa shape index (κ1) is 13.0. The maximum atomic E-state index is 9.03. The average Bonchev–Trinajstić information content (AvgIpc) is 3.08. The Hall–Kier alpha value is -2.97. The molecule has 0 aliphatic heterocycles. The van der Waals surface area contributed by atoms with Gasteiger partial charge in [0, 0.05) is 18.3 Å². The lowest BCUT2D eigenvalue weighted by Gasteiger charge is -2.08. The molecule has 21 heavy (non-hydrogen) atoms. The molecule has 0 aliphatic rings. The van der Waals surface area contributed by atoms with Crippen LogP contribution in [0.5, 0.6) is 0 Å². The number of nitrogens with two attached hydrogens (primary N) is 1. The van der Waals surface area contributed by atoms with Crippen LogP contribution in [0.4, 0.5) is 5.95 Å². The number of oxime groups is 1. The third-order valence-electron chi connectivity index (χ3n) is 3.25. The monoisotopic (exact) mass is 286 g/mol. The molecule has 0 spiro atoms. The van der Waals surface area contributed by atoms with Crippen molar-refractivity contribution in [2.75, 3.05) is 5.73 Å². The summed E-state index contributed by atoms with van der Waals surface area (Å²) >= 11 is 0. The zero-order valence-electron chi connectivity index (χ0n) is 11.6. The van der Waals surface area contributed by atoms with Gasteiger partial charge in [0.1, 0.15) is 11.8 Å². The first-order valence-electron chi connectivity index (χ1n) is 6.36. The molecule has 3 rings (SSSR count). The second kappa shape index (κ2) is 4.85. The van der Waals surface area contributed by atoms with Crippen molar-refractivity contribution in [3.05, 3.63) is 24.3 Å².